The predicted octanol–water partition coefficient (Wildman–Crippen LogP) is 7.25. The van der Waals surface area contributed by atoms with Gasteiger partial charge in [-0.05, 0) is 52.4 Å². The van der Waals surface area contributed by atoms with Crippen LogP contribution >= 0.6 is 15.9 Å². The average Bonchev–Trinajstić information content (AvgIpc) is 2.61. The zero-order valence-corrected chi connectivity index (χ0v) is 18.1. The molecule has 2 nitrogen and oxygen atoms in total. The summed E-state index contributed by atoms with van der Waals surface area (Å²) in [5.74, 6) is 0.963. The lowest BCUT2D eigenvalue weighted by Gasteiger charge is -2.41. The van der Waals surface area contributed by atoms with Gasteiger partial charge in [0.2, 0.25) is 0 Å². The third-order valence-corrected chi connectivity index (χ3v) is 6.03. The highest BCUT2D eigenvalue weighted by molar-refractivity contribution is 9.10. The number of rotatable bonds is 1. The molecule has 0 atom stereocenters. The normalized spacial score (nSPS) is 15.3. The molecule has 2 heterocycles. The maximum atomic E-state index is 4.76. The van der Waals surface area contributed by atoms with Crippen molar-refractivity contribution in [2.75, 3.05) is 4.90 Å². The molecule has 0 saturated heterocycles. The fraction of sp³-hybridized carbons (Fsp3) is 0.292. The van der Waals surface area contributed by atoms with Gasteiger partial charge in [0.15, 0.2) is 0 Å². The van der Waals surface area contributed by atoms with E-state index in [1.165, 1.54) is 28.1 Å². The van der Waals surface area contributed by atoms with Crippen molar-refractivity contribution < 1.29 is 0 Å². The van der Waals surface area contributed by atoms with Crippen LogP contribution in [0.25, 0.3) is 0 Å². The SMILES string of the molecule is CC(C)(C)c1ccnc(N2c3ccccc3C(C)(C)c3ccc(Br)cc32)c1. The molecule has 0 fully saturated rings. The number of fused-ring (bicyclic) bond motifs is 2. The Kier molecular flexibility index (Phi) is 4.19. The zero-order valence-electron chi connectivity index (χ0n) is 16.5. The molecule has 1 aromatic heterocycles. The van der Waals surface area contributed by atoms with Crippen LogP contribution in [0.2, 0.25) is 0 Å². The fourth-order valence-corrected chi connectivity index (χ4v) is 4.29. The number of hydrogen-bond donors (Lipinski definition) is 0. The van der Waals surface area contributed by atoms with E-state index in [0.29, 0.717) is 0 Å². The van der Waals surface area contributed by atoms with Crippen molar-refractivity contribution in [3.8, 4) is 0 Å². The molecule has 0 spiro atoms. The number of nitrogens with zero attached hydrogens (tertiary/aromatic N) is 2. The van der Waals surface area contributed by atoms with Gasteiger partial charge in [0.25, 0.3) is 0 Å². The van der Waals surface area contributed by atoms with E-state index >= 15 is 0 Å². The first-order valence-corrected chi connectivity index (χ1v) is 10.1. The molecular weight excluding hydrogens is 396 g/mol. The molecule has 0 radical (unpaired) electrons. The van der Waals surface area contributed by atoms with Crippen LogP contribution in [0.3, 0.4) is 0 Å². The van der Waals surface area contributed by atoms with Crippen molar-refractivity contribution in [1.29, 1.82) is 0 Å². The van der Waals surface area contributed by atoms with E-state index in [1.54, 1.807) is 0 Å². The quantitative estimate of drug-likeness (QED) is 0.411. The monoisotopic (exact) mass is 420 g/mol. The second-order valence-electron chi connectivity index (χ2n) is 8.79. The van der Waals surface area contributed by atoms with E-state index in [1.807, 2.05) is 6.20 Å². The first-order chi connectivity index (χ1) is 12.7. The Labute approximate surface area is 170 Å². The van der Waals surface area contributed by atoms with Crippen LogP contribution in [0.1, 0.15) is 51.3 Å². The summed E-state index contributed by atoms with van der Waals surface area (Å²) in [4.78, 5) is 7.06. The highest BCUT2D eigenvalue weighted by atomic mass is 79.9. The van der Waals surface area contributed by atoms with Gasteiger partial charge in [-0.25, -0.2) is 4.98 Å². The van der Waals surface area contributed by atoms with Gasteiger partial charge < -0.3 is 0 Å². The molecule has 4 rings (SSSR count). The molecule has 0 amide bonds. The minimum absolute atomic E-state index is 0.0647. The van der Waals surface area contributed by atoms with E-state index < -0.39 is 0 Å². The van der Waals surface area contributed by atoms with Crippen molar-refractivity contribution in [1.82, 2.24) is 4.98 Å². The third kappa shape index (κ3) is 2.98. The Bertz CT molecular complexity index is 1010. The van der Waals surface area contributed by atoms with Crippen LogP contribution in [-0.4, -0.2) is 4.98 Å². The molecule has 27 heavy (non-hydrogen) atoms. The van der Waals surface area contributed by atoms with Crippen molar-refractivity contribution in [2.45, 2.75) is 45.4 Å². The summed E-state index contributed by atoms with van der Waals surface area (Å²) >= 11 is 3.67. The zero-order chi connectivity index (χ0) is 19.4. The summed E-state index contributed by atoms with van der Waals surface area (Å²) in [6.07, 6.45) is 1.93. The highest BCUT2D eigenvalue weighted by Crippen LogP contribution is 2.52. The number of benzene rings is 2. The van der Waals surface area contributed by atoms with Crippen molar-refractivity contribution in [3.63, 3.8) is 0 Å². The topological polar surface area (TPSA) is 16.1 Å². The largest absolute Gasteiger partial charge is 0.294 e. The lowest BCUT2D eigenvalue weighted by molar-refractivity contribution is 0.589. The Morgan fingerprint density at radius 3 is 2.33 bits per heavy atom. The van der Waals surface area contributed by atoms with Crippen molar-refractivity contribution in [2.24, 2.45) is 0 Å². The summed E-state index contributed by atoms with van der Waals surface area (Å²) in [6, 6.07) is 19.6. The van der Waals surface area contributed by atoms with Gasteiger partial charge in [0.1, 0.15) is 5.82 Å². The molecule has 2 aromatic carbocycles. The molecule has 0 unspecified atom stereocenters. The molecule has 0 N–H and O–H groups in total. The molecule has 3 aromatic rings. The van der Waals surface area contributed by atoms with E-state index in [4.69, 9.17) is 4.98 Å². The standard InChI is InChI=1S/C24H25BrN2/c1-23(2,3)16-12-13-26-22(14-16)27-20-9-7-6-8-18(20)24(4,5)19-11-10-17(25)15-21(19)27/h6-15H,1-5H3. The number of pyridine rings is 1. The molecule has 1 aliphatic heterocycles. The molecule has 0 bridgehead atoms. The van der Waals surface area contributed by atoms with Gasteiger partial charge in [-0.15, -0.1) is 0 Å². The third-order valence-electron chi connectivity index (χ3n) is 5.53. The van der Waals surface area contributed by atoms with E-state index in [0.717, 1.165) is 10.3 Å². The second-order valence-corrected chi connectivity index (χ2v) is 9.71. The summed E-state index contributed by atoms with van der Waals surface area (Å²) < 4.78 is 1.08. The summed E-state index contributed by atoms with van der Waals surface area (Å²) in [7, 11) is 0. The Morgan fingerprint density at radius 1 is 0.889 bits per heavy atom. The maximum absolute atomic E-state index is 4.76. The smallest absolute Gasteiger partial charge is 0.137 e. The first-order valence-electron chi connectivity index (χ1n) is 9.36. The lowest BCUT2D eigenvalue weighted by atomic mass is 9.73. The van der Waals surface area contributed by atoms with Crippen LogP contribution in [0, 0.1) is 0 Å². The summed E-state index contributed by atoms with van der Waals surface area (Å²) in [5, 5.41) is 0. The van der Waals surface area contributed by atoms with Gasteiger partial charge >= 0.3 is 0 Å². The number of anilines is 3. The maximum Gasteiger partial charge on any atom is 0.137 e. The minimum atomic E-state index is -0.0647. The number of hydrogen-bond acceptors (Lipinski definition) is 2. The minimum Gasteiger partial charge on any atom is -0.294 e. The number of para-hydroxylation sites is 1. The van der Waals surface area contributed by atoms with E-state index in [-0.39, 0.29) is 10.8 Å². The molecule has 0 saturated carbocycles. The molecule has 0 aliphatic carbocycles. The van der Waals surface area contributed by atoms with Gasteiger partial charge in [-0.3, -0.25) is 4.90 Å². The van der Waals surface area contributed by atoms with Crippen LogP contribution in [0.5, 0.6) is 0 Å². The first kappa shape index (κ1) is 18.2. The van der Waals surface area contributed by atoms with Gasteiger partial charge in [-0.1, -0.05) is 74.8 Å². The Hall–Kier alpha value is -2.13. The van der Waals surface area contributed by atoms with Crippen LogP contribution in [0.4, 0.5) is 17.2 Å². The number of halogens is 1. The average molecular weight is 421 g/mol. The molecule has 138 valence electrons. The van der Waals surface area contributed by atoms with Gasteiger partial charge in [0, 0.05) is 16.1 Å². The van der Waals surface area contributed by atoms with Crippen LogP contribution in [0.15, 0.2) is 65.3 Å². The number of aromatic nitrogens is 1. The van der Waals surface area contributed by atoms with E-state index in [2.05, 4.69) is 110 Å². The van der Waals surface area contributed by atoms with Gasteiger partial charge in [0.05, 0.1) is 11.4 Å². The van der Waals surface area contributed by atoms with E-state index in [9.17, 15) is 0 Å². The van der Waals surface area contributed by atoms with Crippen molar-refractivity contribution in [3.05, 3.63) is 82.0 Å². The predicted molar refractivity (Wildman–Crippen MR) is 117 cm³/mol. The Morgan fingerprint density at radius 2 is 1.59 bits per heavy atom. The van der Waals surface area contributed by atoms with Crippen LogP contribution in [-0.2, 0) is 10.8 Å². The summed E-state index contributed by atoms with van der Waals surface area (Å²) in [6.45, 7) is 11.3. The van der Waals surface area contributed by atoms with Crippen molar-refractivity contribution >= 4 is 33.1 Å². The van der Waals surface area contributed by atoms with Gasteiger partial charge in [-0.2, -0.15) is 0 Å². The molecule has 3 heteroatoms. The molecular formula is C24H25BrN2. The fourth-order valence-electron chi connectivity index (χ4n) is 3.94. The highest BCUT2D eigenvalue weighted by Gasteiger charge is 2.37. The lowest BCUT2D eigenvalue weighted by Crippen LogP contribution is -2.31. The second kappa shape index (κ2) is 6.20. The van der Waals surface area contributed by atoms with Crippen LogP contribution < -0.4 is 4.90 Å². The Balaban J connectivity index is 2.01. The summed E-state index contributed by atoms with van der Waals surface area (Å²) in [5.41, 5.74) is 6.32. The molecule has 1 aliphatic rings.